The van der Waals surface area contributed by atoms with Gasteiger partial charge in [-0.1, -0.05) is 37.6 Å². The number of hydrogen-bond donors (Lipinski definition) is 2. The molecule has 1 atom stereocenters. The van der Waals surface area contributed by atoms with Crippen molar-refractivity contribution in [1.29, 1.82) is 0 Å². The highest BCUT2D eigenvalue weighted by molar-refractivity contribution is 6.30. The first kappa shape index (κ1) is 23.5. The molecule has 4 nitrogen and oxygen atoms in total. The van der Waals surface area contributed by atoms with Crippen LogP contribution >= 0.6 is 11.6 Å². The van der Waals surface area contributed by atoms with Crippen molar-refractivity contribution < 1.29 is 9.84 Å². The lowest BCUT2D eigenvalue weighted by atomic mass is 10.1. The number of ether oxygens (including phenoxy) is 1. The first-order valence-corrected chi connectivity index (χ1v) is 11.1. The van der Waals surface area contributed by atoms with E-state index in [-0.39, 0.29) is 0 Å². The topological polar surface area (TPSA) is 44.7 Å². The molecule has 0 radical (unpaired) electrons. The van der Waals surface area contributed by atoms with Crippen LogP contribution in [0.15, 0.2) is 48.5 Å². The summed E-state index contributed by atoms with van der Waals surface area (Å²) < 4.78 is 5.75. The molecular formula is C24H35ClN2O2. The Bertz CT molecular complexity index is 704. The van der Waals surface area contributed by atoms with Crippen LogP contribution in [0.4, 0.5) is 5.69 Å². The Labute approximate surface area is 180 Å². The Morgan fingerprint density at radius 1 is 1.17 bits per heavy atom. The third-order valence-electron chi connectivity index (χ3n) is 4.87. The zero-order chi connectivity index (χ0) is 21.1. The first-order valence-electron chi connectivity index (χ1n) is 10.7. The number of rotatable bonds is 11. The largest absolute Gasteiger partial charge is 0.491 e. The Balaban J connectivity index is 0.00000145. The quantitative estimate of drug-likeness (QED) is 0.532. The number of hydrogen-bond acceptors (Lipinski definition) is 4. The second-order valence-electron chi connectivity index (χ2n) is 7.32. The third-order valence-corrected chi connectivity index (χ3v) is 5.11. The molecule has 160 valence electrons. The van der Waals surface area contributed by atoms with E-state index in [1.807, 2.05) is 63.4 Å². The average Bonchev–Trinajstić information content (AvgIpc) is 3.56. The van der Waals surface area contributed by atoms with Gasteiger partial charge in [0.1, 0.15) is 18.5 Å². The van der Waals surface area contributed by atoms with Crippen LogP contribution in [0, 0.1) is 5.92 Å². The fourth-order valence-electron chi connectivity index (χ4n) is 3.16. The van der Waals surface area contributed by atoms with E-state index in [4.69, 9.17) is 16.3 Å². The number of aliphatic hydroxyl groups is 1. The summed E-state index contributed by atoms with van der Waals surface area (Å²) >= 11 is 6.08. The van der Waals surface area contributed by atoms with E-state index >= 15 is 0 Å². The SMILES string of the molecule is CC.CNc1ccc(OCC(O)CN(CCc2cccc(Cl)c2)CC2CC2)cc1. The number of nitrogens with zero attached hydrogens (tertiary/aromatic N) is 1. The summed E-state index contributed by atoms with van der Waals surface area (Å²) in [6, 6.07) is 15.8. The summed E-state index contributed by atoms with van der Waals surface area (Å²) in [7, 11) is 1.89. The van der Waals surface area contributed by atoms with Gasteiger partial charge in [0.25, 0.3) is 0 Å². The van der Waals surface area contributed by atoms with E-state index in [0.717, 1.165) is 41.9 Å². The van der Waals surface area contributed by atoms with Crippen molar-refractivity contribution in [3.63, 3.8) is 0 Å². The first-order chi connectivity index (χ1) is 14.1. The van der Waals surface area contributed by atoms with Gasteiger partial charge in [-0.25, -0.2) is 0 Å². The Morgan fingerprint density at radius 2 is 1.90 bits per heavy atom. The number of anilines is 1. The number of benzene rings is 2. The van der Waals surface area contributed by atoms with Crippen molar-refractivity contribution in [2.75, 3.05) is 38.6 Å². The van der Waals surface area contributed by atoms with E-state index in [1.54, 1.807) is 0 Å². The van der Waals surface area contributed by atoms with Gasteiger partial charge in [-0.2, -0.15) is 0 Å². The average molecular weight is 419 g/mol. The van der Waals surface area contributed by atoms with E-state index in [0.29, 0.717) is 13.2 Å². The molecule has 0 spiro atoms. The fraction of sp³-hybridized carbons (Fsp3) is 0.500. The molecule has 29 heavy (non-hydrogen) atoms. The third kappa shape index (κ3) is 9.07. The van der Waals surface area contributed by atoms with Crippen molar-refractivity contribution in [2.45, 2.75) is 39.2 Å². The minimum atomic E-state index is -0.507. The summed E-state index contributed by atoms with van der Waals surface area (Å²) in [5.41, 5.74) is 2.28. The minimum absolute atomic E-state index is 0.303. The second-order valence-corrected chi connectivity index (χ2v) is 7.76. The molecule has 0 bridgehead atoms. The Hall–Kier alpha value is -1.75. The Morgan fingerprint density at radius 3 is 2.52 bits per heavy atom. The van der Waals surface area contributed by atoms with Crippen LogP contribution in [0.1, 0.15) is 32.3 Å². The molecule has 1 aliphatic carbocycles. The lowest BCUT2D eigenvalue weighted by Crippen LogP contribution is -2.38. The molecule has 0 aromatic heterocycles. The van der Waals surface area contributed by atoms with Gasteiger partial charge in [-0.05, 0) is 67.1 Å². The maximum Gasteiger partial charge on any atom is 0.119 e. The van der Waals surface area contributed by atoms with Gasteiger partial charge in [0.15, 0.2) is 0 Å². The van der Waals surface area contributed by atoms with E-state index in [1.165, 1.54) is 18.4 Å². The highest BCUT2D eigenvalue weighted by Gasteiger charge is 2.25. The maximum atomic E-state index is 10.5. The van der Waals surface area contributed by atoms with Crippen LogP contribution < -0.4 is 10.1 Å². The number of nitrogens with one attached hydrogen (secondary N) is 1. The van der Waals surface area contributed by atoms with E-state index in [9.17, 15) is 5.11 Å². The van der Waals surface area contributed by atoms with Gasteiger partial charge in [0.05, 0.1) is 0 Å². The highest BCUT2D eigenvalue weighted by Crippen LogP contribution is 2.30. The molecule has 3 rings (SSSR count). The van der Waals surface area contributed by atoms with Crippen molar-refractivity contribution in [3.8, 4) is 5.75 Å². The molecule has 1 unspecified atom stereocenters. The standard InChI is InChI=1S/C22H29ClN2O2.C2H6/c1-24-20-7-9-22(10-8-20)27-16-21(26)15-25(14-18-5-6-18)12-11-17-3-2-4-19(23)13-17;1-2/h2-4,7-10,13,18,21,24,26H,5-6,11-12,14-16H2,1H3;1-2H3. The molecule has 1 saturated carbocycles. The van der Waals surface area contributed by atoms with Crippen LogP contribution in [-0.2, 0) is 6.42 Å². The van der Waals surface area contributed by atoms with Crippen LogP contribution in [0.3, 0.4) is 0 Å². The molecule has 0 saturated heterocycles. The molecule has 1 aliphatic rings. The predicted octanol–water partition coefficient (Wildman–Crippen LogP) is 5.10. The van der Waals surface area contributed by atoms with Crippen molar-refractivity contribution in [1.82, 2.24) is 4.90 Å². The van der Waals surface area contributed by atoms with Gasteiger partial charge in [0.2, 0.25) is 0 Å². The van der Waals surface area contributed by atoms with Crippen molar-refractivity contribution >= 4 is 17.3 Å². The number of halogens is 1. The molecule has 0 amide bonds. The van der Waals surface area contributed by atoms with Crippen LogP contribution in [0.5, 0.6) is 5.75 Å². The predicted molar refractivity (Wildman–Crippen MR) is 123 cm³/mol. The summed E-state index contributed by atoms with van der Waals surface area (Å²) in [5, 5.41) is 14.3. The van der Waals surface area contributed by atoms with Crippen molar-refractivity contribution in [2.24, 2.45) is 5.92 Å². The van der Waals surface area contributed by atoms with Gasteiger partial charge >= 0.3 is 0 Å². The normalized spacial score (nSPS) is 14.1. The van der Waals surface area contributed by atoms with Gasteiger partial charge in [-0.15, -0.1) is 0 Å². The molecule has 2 aromatic rings. The Kier molecular flexibility index (Phi) is 10.3. The zero-order valence-electron chi connectivity index (χ0n) is 17.9. The van der Waals surface area contributed by atoms with Crippen molar-refractivity contribution in [3.05, 3.63) is 59.1 Å². The molecular weight excluding hydrogens is 384 g/mol. The molecule has 0 heterocycles. The zero-order valence-corrected chi connectivity index (χ0v) is 18.7. The summed E-state index contributed by atoms with van der Waals surface area (Å²) in [6.45, 7) is 6.90. The van der Waals surface area contributed by atoms with Gasteiger partial charge in [0, 0.05) is 37.4 Å². The monoisotopic (exact) mass is 418 g/mol. The molecule has 1 fully saturated rings. The number of aliphatic hydroxyl groups excluding tert-OH is 1. The van der Waals surface area contributed by atoms with Crippen LogP contribution in [0.2, 0.25) is 5.02 Å². The highest BCUT2D eigenvalue weighted by atomic mass is 35.5. The van der Waals surface area contributed by atoms with Crippen LogP contribution in [0.25, 0.3) is 0 Å². The van der Waals surface area contributed by atoms with E-state index < -0.39 is 6.10 Å². The minimum Gasteiger partial charge on any atom is -0.491 e. The summed E-state index contributed by atoms with van der Waals surface area (Å²) in [5.74, 6) is 1.56. The van der Waals surface area contributed by atoms with Crippen LogP contribution in [-0.4, -0.2) is 49.4 Å². The maximum absolute atomic E-state index is 10.5. The van der Waals surface area contributed by atoms with Gasteiger partial charge in [-0.3, -0.25) is 0 Å². The molecule has 2 N–H and O–H groups in total. The fourth-order valence-corrected chi connectivity index (χ4v) is 3.38. The lowest BCUT2D eigenvalue weighted by molar-refractivity contribution is 0.0669. The molecule has 0 aliphatic heterocycles. The molecule has 2 aromatic carbocycles. The molecule has 5 heteroatoms. The van der Waals surface area contributed by atoms with Gasteiger partial charge < -0.3 is 20.1 Å². The second kappa shape index (κ2) is 12.7. The summed E-state index contributed by atoms with van der Waals surface area (Å²) in [4.78, 5) is 2.36. The summed E-state index contributed by atoms with van der Waals surface area (Å²) in [6.07, 6.45) is 3.04. The lowest BCUT2D eigenvalue weighted by Gasteiger charge is -2.25. The smallest absolute Gasteiger partial charge is 0.119 e. The van der Waals surface area contributed by atoms with E-state index in [2.05, 4.69) is 16.3 Å².